The normalized spacial score (nSPS) is 10.9. The third-order valence-electron chi connectivity index (χ3n) is 3.20. The molecule has 0 bridgehead atoms. The molecule has 2 rings (SSSR count). The number of nitrogens with zero attached hydrogens (tertiary/aromatic N) is 3. The minimum Gasteiger partial charge on any atom is -0.478 e. The Labute approximate surface area is 114 Å². The SMILES string of the molecule is CCCc1cc(C(=O)O)c2c(=O)n(C)c(=O)n(C)c2n1. The Morgan fingerprint density at radius 2 is 1.95 bits per heavy atom. The number of fused-ring (bicyclic) bond motifs is 1. The van der Waals surface area contributed by atoms with Gasteiger partial charge in [-0.2, -0.15) is 0 Å². The lowest BCUT2D eigenvalue weighted by Crippen LogP contribution is -2.38. The van der Waals surface area contributed by atoms with Crippen LogP contribution in [0.4, 0.5) is 0 Å². The molecule has 0 fully saturated rings. The van der Waals surface area contributed by atoms with Crippen LogP contribution in [0, 0.1) is 0 Å². The number of hydrogen-bond acceptors (Lipinski definition) is 4. The van der Waals surface area contributed by atoms with Crippen molar-refractivity contribution >= 4 is 17.0 Å². The zero-order valence-corrected chi connectivity index (χ0v) is 11.5. The summed E-state index contributed by atoms with van der Waals surface area (Å²) in [5, 5.41) is 9.25. The minimum absolute atomic E-state index is 0.0399. The highest BCUT2D eigenvalue weighted by Crippen LogP contribution is 2.14. The molecule has 0 aliphatic heterocycles. The van der Waals surface area contributed by atoms with Gasteiger partial charge in [0.1, 0.15) is 5.65 Å². The molecule has 1 N–H and O–H groups in total. The average molecular weight is 277 g/mol. The van der Waals surface area contributed by atoms with Crippen LogP contribution in [-0.2, 0) is 20.5 Å². The van der Waals surface area contributed by atoms with Gasteiger partial charge in [-0.05, 0) is 12.5 Å². The van der Waals surface area contributed by atoms with E-state index in [0.29, 0.717) is 12.1 Å². The summed E-state index contributed by atoms with van der Waals surface area (Å²) >= 11 is 0. The van der Waals surface area contributed by atoms with Crippen LogP contribution in [0.5, 0.6) is 0 Å². The van der Waals surface area contributed by atoms with Crippen LogP contribution in [0.2, 0.25) is 0 Å². The highest BCUT2D eigenvalue weighted by molar-refractivity contribution is 6.01. The van der Waals surface area contributed by atoms with Gasteiger partial charge < -0.3 is 5.11 Å². The predicted octanol–water partition coefficient (Wildman–Crippen LogP) is 0.283. The van der Waals surface area contributed by atoms with Gasteiger partial charge in [-0.15, -0.1) is 0 Å². The van der Waals surface area contributed by atoms with Crippen molar-refractivity contribution in [2.75, 3.05) is 0 Å². The largest absolute Gasteiger partial charge is 0.478 e. The second-order valence-electron chi connectivity index (χ2n) is 4.62. The number of aryl methyl sites for hydroxylation is 2. The molecule has 0 spiro atoms. The number of aromatic carboxylic acids is 1. The molecule has 0 unspecified atom stereocenters. The first-order valence-electron chi connectivity index (χ1n) is 6.21. The zero-order chi connectivity index (χ0) is 15.0. The summed E-state index contributed by atoms with van der Waals surface area (Å²) in [6, 6.07) is 1.40. The minimum atomic E-state index is -1.20. The molecular weight excluding hydrogens is 262 g/mol. The lowest BCUT2D eigenvalue weighted by molar-refractivity contribution is 0.0698. The fourth-order valence-electron chi connectivity index (χ4n) is 2.16. The highest BCUT2D eigenvalue weighted by atomic mass is 16.4. The van der Waals surface area contributed by atoms with E-state index in [9.17, 15) is 19.5 Å². The van der Waals surface area contributed by atoms with Crippen LogP contribution in [0.1, 0.15) is 29.4 Å². The Balaban J connectivity index is 3.06. The quantitative estimate of drug-likeness (QED) is 0.869. The highest BCUT2D eigenvalue weighted by Gasteiger charge is 2.19. The zero-order valence-electron chi connectivity index (χ0n) is 11.5. The van der Waals surface area contributed by atoms with Gasteiger partial charge in [-0.3, -0.25) is 13.9 Å². The molecule has 0 saturated carbocycles. The summed E-state index contributed by atoms with van der Waals surface area (Å²) in [7, 11) is 2.79. The second kappa shape index (κ2) is 4.92. The van der Waals surface area contributed by atoms with E-state index in [1.165, 1.54) is 24.7 Å². The molecule has 20 heavy (non-hydrogen) atoms. The average Bonchev–Trinajstić information content (AvgIpc) is 2.42. The Kier molecular flexibility index (Phi) is 3.44. The van der Waals surface area contributed by atoms with E-state index in [2.05, 4.69) is 4.98 Å². The van der Waals surface area contributed by atoms with Crippen LogP contribution in [0.25, 0.3) is 11.0 Å². The fourth-order valence-corrected chi connectivity index (χ4v) is 2.16. The molecule has 0 radical (unpaired) electrons. The van der Waals surface area contributed by atoms with Crippen molar-refractivity contribution in [2.45, 2.75) is 19.8 Å². The second-order valence-corrected chi connectivity index (χ2v) is 4.62. The first kappa shape index (κ1) is 14.0. The Hall–Kier alpha value is -2.44. The van der Waals surface area contributed by atoms with Crippen LogP contribution >= 0.6 is 0 Å². The van der Waals surface area contributed by atoms with Crippen LogP contribution in [-0.4, -0.2) is 25.2 Å². The summed E-state index contributed by atoms with van der Waals surface area (Å²) in [6.45, 7) is 1.94. The molecular formula is C13H15N3O4. The van der Waals surface area contributed by atoms with E-state index in [1.807, 2.05) is 6.92 Å². The smallest absolute Gasteiger partial charge is 0.336 e. The van der Waals surface area contributed by atoms with Gasteiger partial charge in [0.05, 0.1) is 10.9 Å². The van der Waals surface area contributed by atoms with Gasteiger partial charge in [0.2, 0.25) is 0 Å². The number of rotatable bonds is 3. The van der Waals surface area contributed by atoms with E-state index < -0.39 is 17.2 Å². The maximum Gasteiger partial charge on any atom is 0.336 e. The first-order chi connectivity index (χ1) is 9.38. The first-order valence-corrected chi connectivity index (χ1v) is 6.21. The van der Waals surface area contributed by atoms with Crippen LogP contribution in [0.15, 0.2) is 15.7 Å². The molecule has 0 atom stereocenters. The standard InChI is InChI=1S/C13H15N3O4/c1-4-5-7-6-8(12(18)19)9-10(14-7)15(2)13(20)16(3)11(9)17/h6H,4-5H2,1-3H3,(H,18,19). The van der Waals surface area contributed by atoms with Crippen molar-refractivity contribution in [1.82, 2.24) is 14.1 Å². The van der Waals surface area contributed by atoms with E-state index in [4.69, 9.17) is 0 Å². The van der Waals surface area contributed by atoms with Crippen molar-refractivity contribution in [3.05, 3.63) is 38.2 Å². The molecule has 0 amide bonds. The lowest BCUT2D eigenvalue weighted by atomic mass is 10.1. The molecule has 2 aromatic heterocycles. The molecule has 7 heteroatoms. The molecule has 2 heterocycles. The van der Waals surface area contributed by atoms with Gasteiger partial charge >= 0.3 is 11.7 Å². The van der Waals surface area contributed by atoms with Crippen molar-refractivity contribution in [3.63, 3.8) is 0 Å². The van der Waals surface area contributed by atoms with Crippen LogP contribution < -0.4 is 11.2 Å². The Morgan fingerprint density at radius 1 is 1.30 bits per heavy atom. The summed E-state index contributed by atoms with van der Waals surface area (Å²) in [5.41, 5.74) is -0.618. The third kappa shape index (κ3) is 2.01. The molecule has 106 valence electrons. The number of carboxylic acid groups (broad SMARTS) is 1. The van der Waals surface area contributed by atoms with Crippen molar-refractivity contribution in [1.29, 1.82) is 0 Å². The Morgan fingerprint density at radius 3 is 2.50 bits per heavy atom. The van der Waals surface area contributed by atoms with E-state index in [1.54, 1.807) is 0 Å². The number of carbonyl (C=O) groups is 1. The molecule has 0 aliphatic carbocycles. The third-order valence-corrected chi connectivity index (χ3v) is 3.20. The lowest BCUT2D eigenvalue weighted by Gasteiger charge is -2.10. The van der Waals surface area contributed by atoms with Gasteiger partial charge in [0.25, 0.3) is 5.56 Å². The van der Waals surface area contributed by atoms with Gasteiger partial charge in [-0.25, -0.2) is 14.6 Å². The van der Waals surface area contributed by atoms with Gasteiger partial charge in [0, 0.05) is 19.8 Å². The summed E-state index contributed by atoms with van der Waals surface area (Å²) in [5.74, 6) is -1.20. The van der Waals surface area contributed by atoms with E-state index in [0.717, 1.165) is 11.0 Å². The number of aromatic nitrogens is 3. The van der Waals surface area contributed by atoms with E-state index >= 15 is 0 Å². The summed E-state index contributed by atoms with van der Waals surface area (Å²) < 4.78 is 2.08. The van der Waals surface area contributed by atoms with Crippen molar-refractivity contribution in [2.24, 2.45) is 14.1 Å². The van der Waals surface area contributed by atoms with Crippen LogP contribution in [0.3, 0.4) is 0 Å². The molecule has 0 aliphatic rings. The maximum absolute atomic E-state index is 12.1. The van der Waals surface area contributed by atoms with E-state index in [-0.39, 0.29) is 16.6 Å². The van der Waals surface area contributed by atoms with Gasteiger partial charge in [0.15, 0.2) is 0 Å². The number of carboxylic acids is 1. The number of hydrogen-bond donors (Lipinski definition) is 1. The molecule has 0 aromatic carbocycles. The maximum atomic E-state index is 12.1. The molecule has 7 nitrogen and oxygen atoms in total. The van der Waals surface area contributed by atoms with Crippen molar-refractivity contribution < 1.29 is 9.90 Å². The number of pyridine rings is 1. The predicted molar refractivity (Wildman–Crippen MR) is 73.2 cm³/mol. The molecule has 0 saturated heterocycles. The monoisotopic (exact) mass is 277 g/mol. The summed E-state index contributed by atoms with van der Waals surface area (Å²) in [6.07, 6.45) is 1.37. The fraction of sp³-hybridized carbons (Fsp3) is 0.385. The van der Waals surface area contributed by atoms with Gasteiger partial charge in [-0.1, -0.05) is 13.3 Å². The summed E-state index contributed by atoms with van der Waals surface area (Å²) in [4.78, 5) is 39.7. The Bertz CT molecular complexity index is 817. The van der Waals surface area contributed by atoms with Crippen molar-refractivity contribution in [3.8, 4) is 0 Å². The molecule has 2 aromatic rings. The topological polar surface area (TPSA) is 94.2 Å².